The van der Waals surface area contributed by atoms with Gasteiger partial charge in [-0.05, 0) is 77.1 Å². The molecule has 4 rings (SSSR count). The van der Waals surface area contributed by atoms with Crippen molar-refractivity contribution in [1.82, 2.24) is 21.3 Å². The lowest BCUT2D eigenvalue weighted by molar-refractivity contribution is -0.233. The molecule has 4 aliphatic rings. The second-order valence-electron chi connectivity index (χ2n) is 12.3. The van der Waals surface area contributed by atoms with E-state index in [-0.39, 0.29) is 24.3 Å². The lowest BCUT2D eigenvalue weighted by Gasteiger charge is -2.47. The normalized spacial score (nSPS) is 39.7. The van der Waals surface area contributed by atoms with Gasteiger partial charge in [0.05, 0.1) is 24.8 Å². The van der Waals surface area contributed by atoms with Crippen LogP contribution in [0.5, 0.6) is 0 Å². The molecule has 0 spiro atoms. The van der Waals surface area contributed by atoms with E-state index in [0.717, 1.165) is 31.7 Å². The standard InChI is InChI=1S/C29H54N6O6/c1-17-10-11-22(26(37)25(17)32-2)40-29-21(35-23(36)8-4-12-30)14-20(31)28(27(29)38)41-24-9-3-7-19(39-24)16-33-15-18-6-5-13-34-18/h7,17-18,20-22,24-29,32-34,37-38H,3-6,8-16,30-31H2,1-2H3,(H,35,36)/t17-,18?,20+,21-,22+,24-,25+,26+,27+,28-,29+/m1/s1. The number of carbonyl (C=O) groups excluding carboxylic acids is 1. The molecule has 41 heavy (non-hydrogen) atoms. The number of nitrogens with one attached hydrogen (secondary N) is 4. The Kier molecular flexibility index (Phi) is 12.6. The van der Waals surface area contributed by atoms with Crippen LogP contribution in [-0.4, -0.2) is 110 Å². The third-order valence-corrected chi connectivity index (χ3v) is 9.12. The molecule has 10 N–H and O–H groups in total. The zero-order valence-electron chi connectivity index (χ0n) is 24.8. The van der Waals surface area contributed by atoms with Crippen molar-refractivity contribution in [2.75, 3.05) is 33.2 Å². The summed E-state index contributed by atoms with van der Waals surface area (Å²) in [5.41, 5.74) is 12.2. The van der Waals surface area contributed by atoms with Gasteiger partial charge in [0.2, 0.25) is 5.91 Å². The van der Waals surface area contributed by atoms with Crippen LogP contribution >= 0.6 is 0 Å². The van der Waals surface area contributed by atoms with Crippen LogP contribution in [0.4, 0.5) is 0 Å². The molecule has 3 fully saturated rings. The maximum Gasteiger partial charge on any atom is 0.220 e. The monoisotopic (exact) mass is 582 g/mol. The molecule has 12 nitrogen and oxygen atoms in total. The van der Waals surface area contributed by atoms with E-state index >= 15 is 0 Å². The number of aliphatic hydroxyl groups is 2. The highest BCUT2D eigenvalue weighted by atomic mass is 16.7. The fraction of sp³-hybridized carbons (Fsp3) is 0.897. The molecule has 0 radical (unpaired) electrons. The summed E-state index contributed by atoms with van der Waals surface area (Å²) in [5.74, 6) is 0.954. The molecule has 0 aromatic rings. The molecule has 11 atom stereocenters. The highest BCUT2D eigenvalue weighted by Gasteiger charge is 2.48. The van der Waals surface area contributed by atoms with Crippen LogP contribution in [0, 0.1) is 5.92 Å². The quantitative estimate of drug-likeness (QED) is 0.136. The van der Waals surface area contributed by atoms with Crippen molar-refractivity contribution >= 4 is 5.91 Å². The SMILES string of the molecule is CN[C@@H]1[C@@H](O)[C@@H](O[C@@H]2[C@@H](O)[C@H](O[C@@H]3CCC=C(CNCC4CCCN4)O3)[C@@H](N)C[C@H]2NC(=O)CCCN)CC[C@H]1C. The average molecular weight is 583 g/mol. The number of carbonyl (C=O) groups is 1. The largest absolute Gasteiger partial charge is 0.468 e. The van der Waals surface area contributed by atoms with Crippen molar-refractivity contribution in [3.63, 3.8) is 0 Å². The topological polar surface area (TPSA) is 185 Å². The van der Waals surface area contributed by atoms with Gasteiger partial charge in [0.1, 0.15) is 24.1 Å². The molecule has 1 amide bonds. The summed E-state index contributed by atoms with van der Waals surface area (Å²) >= 11 is 0. The number of aliphatic hydroxyl groups excluding tert-OH is 2. The summed E-state index contributed by atoms with van der Waals surface area (Å²) in [6, 6.07) is -0.701. The van der Waals surface area contributed by atoms with Gasteiger partial charge in [-0.2, -0.15) is 0 Å². The zero-order valence-corrected chi connectivity index (χ0v) is 24.8. The van der Waals surface area contributed by atoms with Crippen LogP contribution in [-0.2, 0) is 19.0 Å². The Morgan fingerprint density at radius 2 is 2.00 bits per heavy atom. The van der Waals surface area contributed by atoms with Crippen molar-refractivity contribution < 1.29 is 29.2 Å². The summed E-state index contributed by atoms with van der Waals surface area (Å²) < 4.78 is 18.9. The zero-order chi connectivity index (χ0) is 29.4. The Hall–Kier alpha value is -1.35. The predicted octanol–water partition coefficient (Wildman–Crippen LogP) is -0.818. The number of ether oxygens (including phenoxy) is 3. The number of allylic oxidation sites excluding steroid dienone is 1. The molecule has 1 unspecified atom stereocenters. The molecular formula is C29H54N6O6. The minimum absolute atomic E-state index is 0.125. The molecular weight excluding hydrogens is 528 g/mol. The Morgan fingerprint density at radius 1 is 1.17 bits per heavy atom. The van der Waals surface area contributed by atoms with Crippen LogP contribution in [0.15, 0.2) is 11.8 Å². The number of nitrogens with two attached hydrogens (primary N) is 2. The van der Waals surface area contributed by atoms with Crippen LogP contribution < -0.4 is 32.7 Å². The molecule has 2 heterocycles. The van der Waals surface area contributed by atoms with Crippen molar-refractivity contribution in [3.05, 3.63) is 11.8 Å². The molecule has 0 aromatic heterocycles. The number of rotatable bonds is 13. The first-order chi connectivity index (χ1) is 19.8. The molecule has 0 bridgehead atoms. The Labute approximate surface area is 244 Å². The van der Waals surface area contributed by atoms with Gasteiger partial charge >= 0.3 is 0 Å². The average Bonchev–Trinajstić information content (AvgIpc) is 3.47. The smallest absolute Gasteiger partial charge is 0.220 e. The molecule has 236 valence electrons. The maximum atomic E-state index is 12.7. The lowest BCUT2D eigenvalue weighted by atomic mass is 9.80. The van der Waals surface area contributed by atoms with Gasteiger partial charge in [0, 0.05) is 37.5 Å². The number of amides is 1. The van der Waals surface area contributed by atoms with E-state index in [1.54, 1.807) is 0 Å². The van der Waals surface area contributed by atoms with Crippen molar-refractivity contribution in [2.24, 2.45) is 17.4 Å². The van der Waals surface area contributed by atoms with Gasteiger partial charge in [-0.25, -0.2) is 0 Å². The minimum Gasteiger partial charge on any atom is -0.468 e. The molecule has 2 aliphatic carbocycles. The highest BCUT2D eigenvalue weighted by molar-refractivity contribution is 5.76. The van der Waals surface area contributed by atoms with E-state index in [9.17, 15) is 15.0 Å². The van der Waals surface area contributed by atoms with E-state index in [4.69, 9.17) is 25.7 Å². The maximum absolute atomic E-state index is 12.7. The summed E-state index contributed by atoms with van der Waals surface area (Å²) in [7, 11) is 1.83. The fourth-order valence-electron chi connectivity index (χ4n) is 6.77. The second-order valence-corrected chi connectivity index (χ2v) is 12.3. The number of likely N-dealkylation sites (N-methyl/N-ethyl adjacent to an activating group) is 1. The van der Waals surface area contributed by atoms with Gasteiger partial charge in [0.25, 0.3) is 0 Å². The molecule has 12 heteroatoms. The Morgan fingerprint density at radius 3 is 2.73 bits per heavy atom. The van der Waals surface area contributed by atoms with E-state index in [1.165, 1.54) is 12.8 Å². The van der Waals surface area contributed by atoms with E-state index in [2.05, 4.69) is 34.3 Å². The van der Waals surface area contributed by atoms with Crippen LogP contribution in [0.25, 0.3) is 0 Å². The first kappa shape index (κ1) is 32.6. The molecule has 0 aromatic carbocycles. The third kappa shape index (κ3) is 8.84. The van der Waals surface area contributed by atoms with Crippen LogP contribution in [0.2, 0.25) is 0 Å². The highest BCUT2D eigenvalue weighted by Crippen LogP contribution is 2.33. The van der Waals surface area contributed by atoms with Crippen LogP contribution in [0.1, 0.15) is 64.7 Å². The van der Waals surface area contributed by atoms with Gasteiger partial charge in [-0.15, -0.1) is 0 Å². The van der Waals surface area contributed by atoms with E-state index in [1.807, 2.05) is 7.05 Å². The molecule has 2 aliphatic heterocycles. The van der Waals surface area contributed by atoms with E-state index < -0.39 is 48.9 Å². The van der Waals surface area contributed by atoms with Crippen molar-refractivity contribution in [1.29, 1.82) is 0 Å². The van der Waals surface area contributed by atoms with Crippen LogP contribution in [0.3, 0.4) is 0 Å². The van der Waals surface area contributed by atoms with Crippen molar-refractivity contribution in [3.8, 4) is 0 Å². The first-order valence-corrected chi connectivity index (χ1v) is 15.7. The molecule has 2 saturated carbocycles. The van der Waals surface area contributed by atoms with Gasteiger partial charge in [-0.3, -0.25) is 4.79 Å². The van der Waals surface area contributed by atoms with Crippen molar-refractivity contribution in [2.45, 2.75) is 126 Å². The third-order valence-electron chi connectivity index (χ3n) is 9.12. The lowest BCUT2D eigenvalue weighted by Crippen LogP contribution is -2.66. The second kappa shape index (κ2) is 15.9. The summed E-state index contributed by atoms with van der Waals surface area (Å²) in [6.45, 7) is 5.09. The predicted molar refractivity (Wildman–Crippen MR) is 156 cm³/mol. The summed E-state index contributed by atoms with van der Waals surface area (Å²) in [4.78, 5) is 12.7. The Balaban J connectivity index is 1.39. The van der Waals surface area contributed by atoms with E-state index in [0.29, 0.717) is 44.8 Å². The molecule has 1 saturated heterocycles. The van der Waals surface area contributed by atoms with Gasteiger partial charge < -0.3 is 57.2 Å². The van der Waals surface area contributed by atoms with Gasteiger partial charge in [-0.1, -0.05) is 6.92 Å². The van der Waals surface area contributed by atoms with Gasteiger partial charge in [0.15, 0.2) is 6.29 Å². The summed E-state index contributed by atoms with van der Waals surface area (Å²) in [6.07, 6.45) is 4.20. The number of hydrogen-bond donors (Lipinski definition) is 8. The Bertz CT molecular complexity index is 845. The summed E-state index contributed by atoms with van der Waals surface area (Å²) in [5, 5.41) is 35.9. The fourth-order valence-corrected chi connectivity index (χ4v) is 6.77. The minimum atomic E-state index is -1.12. The first-order valence-electron chi connectivity index (χ1n) is 15.7. The number of hydrogen-bond acceptors (Lipinski definition) is 11.